The minimum atomic E-state index is -0.808. The molecule has 0 aromatic carbocycles. The monoisotopic (exact) mass is 783 g/mol. The number of carbonyl (C=O) groups is 3. The van der Waals surface area contributed by atoms with E-state index >= 15 is 0 Å². The Hall–Kier alpha value is -2.89. The molecule has 0 aliphatic carbocycles. The van der Waals surface area contributed by atoms with E-state index in [1.807, 2.05) is 6.08 Å². The fourth-order valence-corrected chi connectivity index (χ4v) is 6.30. The lowest BCUT2D eigenvalue weighted by Crippen LogP contribution is -2.30. The number of unbranched alkanes of at least 4 members (excludes halogenated alkanes) is 21. The van der Waals surface area contributed by atoms with Crippen LogP contribution in [-0.2, 0) is 28.6 Å². The fourth-order valence-electron chi connectivity index (χ4n) is 6.30. The molecule has 322 valence electrons. The van der Waals surface area contributed by atoms with Crippen molar-refractivity contribution in [2.75, 3.05) is 13.2 Å². The third kappa shape index (κ3) is 42.3. The maximum atomic E-state index is 12.7. The van der Waals surface area contributed by atoms with Gasteiger partial charge in [-0.15, -0.1) is 0 Å². The fraction of sp³-hybridized carbons (Fsp3) is 0.740. The summed E-state index contributed by atoms with van der Waals surface area (Å²) in [6.45, 7) is 6.38. The lowest BCUT2D eigenvalue weighted by molar-refractivity contribution is -0.166. The van der Waals surface area contributed by atoms with Crippen molar-refractivity contribution in [3.8, 4) is 0 Å². The van der Waals surface area contributed by atoms with Crippen LogP contribution in [0.4, 0.5) is 0 Å². The van der Waals surface area contributed by atoms with E-state index in [9.17, 15) is 14.4 Å². The quantitative estimate of drug-likeness (QED) is 0.0266. The van der Waals surface area contributed by atoms with Gasteiger partial charge in [-0.25, -0.2) is 0 Å². The minimum absolute atomic E-state index is 0.104. The highest BCUT2D eigenvalue weighted by molar-refractivity contribution is 5.72. The van der Waals surface area contributed by atoms with E-state index in [1.54, 1.807) is 6.08 Å². The third-order valence-corrected chi connectivity index (χ3v) is 9.79. The topological polar surface area (TPSA) is 78.9 Å². The highest BCUT2D eigenvalue weighted by atomic mass is 16.6. The summed E-state index contributed by atoms with van der Waals surface area (Å²) in [5.41, 5.74) is 0. The third-order valence-electron chi connectivity index (χ3n) is 9.79. The van der Waals surface area contributed by atoms with Gasteiger partial charge < -0.3 is 14.2 Å². The number of allylic oxidation sites excluding steroid dienone is 9. The molecular formula is C50H86O6. The Morgan fingerprint density at radius 1 is 0.393 bits per heavy atom. The first-order valence-corrected chi connectivity index (χ1v) is 23.3. The second kappa shape index (κ2) is 44.8. The molecule has 0 aromatic rings. The number of hydrogen-bond acceptors (Lipinski definition) is 6. The van der Waals surface area contributed by atoms with Gasteiger partial charge in [0.2, 0.25) is 0 Å². The predicted molar refractivity (Wildman–Crippen MR) is 238 cm³/mol. The molecule has 1 atom stereocenters. The van der Waals surface area contributed by atoms with Gasteiger partial charge in [0.1, 0.15) is 13.2 Å². The van der Waals surface area contributed by atoms with Gasteiger partial charge in [-0.2, -0.15) is 0 Å². The van der Waals surface area contributed by atoms with Crippen molar-refractivity contribution < 1.29 is 28.6 Å². The Kier molecular flexibility index (Phi) is 42.5. The number of esters is 3. The maximum Gasteiger partial charge on any atom is 0.309 e. The molecular weight excluding hydrogens is 697 g/mol. The molecule has 0 rings (SSSR count). The van der Waals surface area contributed by atoms with Crippen molar-refractivity contribution in [1.82, 2.24) is 0 Å². The van der Waals surface area contributed by atoms with E-state index in [4.69, 9.17) is 14.2 Å². The van der Waals surface area contributed by atoms with Crippen molar-refractivity contribution >= 4 is 17.9 Å². The van der Waals surface area contributed by atoms with Crippen LogP contribution in [-0.4, -0.2) is 37.2 Å². The standard InChI is InChI=1S/C50H86O6/c1-4-7-10-13-16-19-21-23-24-25-26-27-29-31-34-37-40-43-49(52)55-46-47(45-54-48(51)42-39-36-33-30-18-15-12-9-6-3)56-50(53)44-41-38-35-32-28-22-20-17-14-11-8-5-2/h9,12,16,18-19,23-24,30,36,39,47H,4-8,10-11,13-15,17,20-22,25-29,31-35,37-38,40-46H2,1-3H3/b12-9-,19-16-,24-23-,30-18-,39-36-. The zero-order valence-electron chi connectivity index (χ0n) is 36.6. The predicted octanol–water partition coefficient (Wildman–Crippen LogP) is 14.9. The molecule has 0 amide bonds. The summed E-state index contributed by atoms with van der Waals surface area (Å²) >= 11 is 0. The number of rotatable bonds is 41. The van der Waals surface area contributed by atoms with Crippen LogP contribution in [0.2, 0.25) is 0 Å². The van der Waals surface area contributed by atoms with Crippen LogP contribution in [0.5, 0.6) is 0 Å². The first-order valence-electron chi connectivity index (χ1n) is 23.3. The van der Waals surface area contributed by atoms with Crippen molar-refractivity contribution in [1.29, 1.82) is 0 Å². The molecule has 0 spiro atoms. The first-order chi connectivity index (χ1) is 27.5. The van der Waals surface area contributed by atoms with Crippen LogP contribution in [0.1, 0.15) is 220 Å². The lowest BCUT2D eigenvalue weighted by Gasteiger charge is -2.18. The second-order valence-electron chi connectivity index (χ2n) is 15.3. The highest BCUT2D eigenvalue weighted by Gasteiger charge is 2.19. The van der Waals surface area contributed by atoms with Gasteiger partial charge in [-0.3, -0.25) is 14.4 Å². The summed E-state index contributed by atoms with van der Waals surface area (Å²) in [7, 11) is 0. The summed E-state index contributed by atoms with van der Waals surface area (Å²) in [4.78, 5) is 37.6. The number of ether oxygens (including phenoxy) is 3. The largest absolute Gasteiger partial charge is 0.462 e. The first kappa shape index (κ1) is 53.1. The Bertz CT molecular complexity index is 1040. The Balaban J connectivity index is 4.39. The van der Waals surface area contributed by atoms with Crippen molar-refractivity contribution in [3.63, 3.8) is 0 Å². The average molecular weight is 783 g/mol. The number of hydrogen-bond donors (Lipinski definition) is 0. The summed E-state index contributed by atoms with van der Waals surface area (Å²) in [6, 6.07) is 0. The van der Waals surface area contributed by atoms with Gasteiger partial charge in [0.15, 0.2) is 6.10 Å². The van der Waals surface area contributed by atoms with Crippen LogP contribution in [0.25, 0.3) is 0 Å². The van der Waals surface area contributed by atoms with Crippen molar-refractivity contribution in [3.05, 3.63) is 60.8 Å². The van der Waals surface area contributed by atoms with E-state index in [0.29, 0.717) is 12.8 Å². The summed E-state index contributed by atoms with van der Waals surface area (Å²) in [5.74, 6) is -1.04. The van der Waals surface area contributed by atoms with Gasteiger partial charge in [-0.1, -0.05) is 197 Å². The smallest absolute Gasteiger partial charge is 0.309 e. The summed E-state index contributed by atoms with van der Waals surface area (Å²) in [6.07, 6.45) is 53.8. The molecule has 0 N–H and O–H groups in total. The van der Waals surface area contributed by atoms with E-state index in [0.717, 1.165) is 70.6 Å². The van der Waals surface area contributed by atoms with Crippen LogP contribution in [0.15, 0.2) is 60.8 Å². The zero-order valence-corrected chi connectivity index (χ0v) is 36.6. The van der Waals surface area contributed by atoms with Gasteiger partial charge in [0, 0.05) is 12.8 Å². The summed E-state index contributed by atoms with van der Waals surface area (Å²) < 4.78 is 16.6. The van der Waals surface area contributed by atoms with E-state index < -0.39 is 12.1 Å². The molecule has 0 aliphatic rings. The van der Waals surface area contributed by atoms with E-state index in [1.165, 1.54) is 109 Å². The van der Waals surface area contributed by atoms with Crippen LogP contribution in [0, 0.1) is 0 Å². The molecule has 0 heterocycles. The minimum Gasteiger partial charge on any atom is -0.462 e. The average Bonchev–Trinajstić information content (AvgIpc) is 3.19. The molecule has 0 aliphatic heterocycles. The van der Waals surface area contributed by atoms with Crippen LogP contribution in [0.3, 0.4) is 0 Å². The maximum absolute atomic E-state index is 12.7. The summed E-state index contributed by atoms with van der Waals surface area (Å²) in [5, 5.41) is 0. The lowest BCUT2D eigenvalue weighted by atomic mass is 10.0. The zero-order chi connectivity index (χ0) is 40.8. The Labute approximate surface area is 345 Å². The molecule has 0 saturated heterocycles. The normalized spacial score (nSPS) is 12.6. The van der Waals surface area contributed by atoms with Crippen LogP contribution < -0.4 is 0 Å². The van der Waals surface area contributed by atoms with Gasteiger partial charge in [-0.05, 0) is 64.2 Å². The SMILES string of the molecule is CC/C=C\C/C=C\C/C=C\CC(=O)OCC(COC(=O)CCCCCCCCC/C=C\C/C=C\CCCCC)OC(=O)CCCCCCCCCCCCCC. The Morgan fingerprint density at radius 2 is 0.768 bits per heavy atom. The van der Waals surface area contributed by atoms with E-state index in [-0.39, 0.29) is 31.6 Å². The molecule has 56 heavy (non-hydrogen) atoms. The molecule has 1 unspecified atom stereocenters. The molecule has 6 heteroatoms. The van der Waals surface area contributed by atoms with Gasteiger partial charge in [0.25, 0.3) is 0 Å². The Morgan fingerprint density at radius 3 is 1.29 bits per heavy atom. The molecule has 0 fully saturated rings. The molecule has 0 bridgehead atoms. The van der Waals surface area contributed by atoms with E-state index in [2.05, 4.69) is 69.4 Å². The van der Waals surface area contributed by atoms with Gasteiger partial charge in [0.05, 0.1) is 6.42 Å². The second-order valence-corrected chi connectivity index (χ2v) is 15.3. The highest BCUT2D eigenvalue weighted by Crippen LogP contribution is 2.14. The number of carbonyl (C=O) groups excluding carboxylic acids is 3. The van der Waals surface area contributed by atoms with Crippen molar-refractivity contribution in [2.24, 2.45) is 0 Å². The van der Waals surface area contributed by atoms with Gasteiger partial charge >= 0.3 is 17.9 Å². The molecule has 6 nitrogen and oxygen atoms in total. The van der Waals surface area contributed by atoms with Crippen molar-refractivity contribution in [2.45, 2.75) is 226 Å². The molecule has 0 saturated carbocycles. The molecule has 0 aromatic heterocycles. The molecule has 0 radical (unpaired) electrons. The van der Waals surface area contributed by atoms with Crippen LogP contribution >= 0.6 is 0 Å².